The van der Waals surface area contributed by atoms with Crippen molar-refractivity contribution >= 4 is 28.7 Å². The SMILES string of the molecule is O=C1CC(c2cccnc2)c2c(ccc3nsnc23)O1. The van der Waals surface area contributed by atoms with Gasteiger partial charge in [0, 0.05) is 23.9 Å². The number of hydrogen-bond acceptors (Lipinski definition) is 6. The van der Waals surface area contributed by atoms with Crippen LogP contribution in [-0.2, 0) is 4.79 Å². The van der Waals surface area contributed by atoms with E-state index in [1.165, 1.54) is 11.7 Å². The van der Waals surface area contributed by atoms with Gasteiger partial charge in [-0.1, -0.05) is 6.07 Å². The monoisotopic (exact) mass is 283 g/mol. The Labute approximate surface area is 118 Å². The van der Waals surface area contributed by atoms with Gasteiger partial charge in [-0.3, -0.25) is 9.78 Å². The van der Waals surface area contributed by atoms with E-state index in [1.807, 2.05) is 18.2 Å². The number of carbonyl (C=O) groups is 1. The summed E-state index contributed by atoms with van der Waals surface area (Å²) in [5, 5.41) is 0. The number of hydrogen-bond donors (Lipinski definition) is 0. The van der Waals surface area contributed by atoms with E-state index in [2.05, 4.69) is 13.7 Å². The fourth-order valence-electron chi connectivity index (χ4n) is 2.58. The van der Waals surface area contributed by atoms with Gasteiger partial charge in [0.1, 0.15) is 16.8 Å². The Kier molecular flexibility index (Phi) is 2.50. The van der Waals surface area contributed by atoms with Crippen molar-refractivity contribution in [3.63, 3.8) is 0 Å². The number of carbonyl (C=O) groups excluding carboxylic acids is 1. The van der Waals surface area contributed by atoms with Gasteiger partial charge in [-0.15, -0.1) is 0 Å². The number of pyridine rings is 1. The Balaban J connectivity index is 1.99. The zero-order valence-electron chi connectivity index (χ0n) is 10.3. The fourth-order valence-corrected chi connectivity index (χ4v) is 3.13. The van der Waals surface area contributed by atoms with Gasteiger partial charge in [0.15, 0.2) is 0 Å². The third kappa shape index (κ3) is 1.69. The largest absolute Gasteiger partial charge is 0.426 e. The van der Waals surface area contributed by atoms with E-state index in [-0.39, 0.29) is 11.9 Å². The summed E-state index contributed by atoms with van der Waals surface area (Å²) >= 11 is 1.17. The Morgan fingerprint density at radius 3 is 3.05 bits per heavy atom. The molecule has 0 saturated carbocycles. The van der Waals surface area contributed by atoms with Gasteiger partial charge in [0.25, 0.3) is 0 Å². The van der Waals surface area contributed by atoms with E-state index in [9.17, 15) is 4.79 Å². The number of nitrogens with zero attached hydrogens (tertiary/aromatic N) is 3. The van der Waals surface area contributed by atoms with Gasteiger partial charge in [-0.25, -0.2) is 0 Å². The summed E-state index contributed by atoms with van der Waals surface area (Å²) in [6.45, 7) is 0. The van der Waals surface area contributed by atoms with Crippen molar-refractivity contribution in [2.24, 2.45) is 0 Å². The van der Waals surface area contributed by atoms with Gasteiger partial charge >= 0.3 is 5.97 Å². The van der Waals surface area contributed by atoms with Crippen molar-refractivity contribution in [1.82, 2.24) is 13.7 Å². The number of ether oxygens (including phenoxy) is 1. The first-order valence-electron chi connectivity index (χ1n) is 6.18. The molecule has 1 atom stereocenters. The summed E-state index contributed by atoms with van der Waals surface area (Å²) in [5.74, 6) is 0.275. The highest BCUT2D eigenvalue weighted by molar-refractivity contribution is 7.00. The standard InChI is InChI=1S/C14H9N3O2S/c18-12-6-9(8-2-1-5-15-7-8)13-11(19-12)4-3-10-14(13)17-20-16-10/h1-5,7,9H,6H2. The molecule has 98 valence electrons. The normalized spacial score (nSPS) is 17.8. The molecule has 2 aromatic heterocycles. The maximum atomic E-state index is 11.8. The van der Waals surface area contributed by atoms with Gasteiger partial charge in [-0.2, -0.15) is 8.75 Å². The van der Waals surface area contributed by atoms with Crippen LogP contribution in [-0.4, -0.2) is 19.7 Å². The van der Waals surface area contributed by atoms with Crippen molar-refractivity contribution in [3.05, 3.63) is 47.8 Å². The molecule has 20 heavy (non-hydrogen) atoms. The molecule has 6 heteroatoms. The molecule has 0 radical (unpaired) electrons. The molecule has 1 aliphatic heterocycles. The van der Waals surface area contributed by atoms with Crippen LogP contribution in [0.4, 0.5) is 0 Å². The van der Waals surface area contributed by atoms with Crippen LogP contribution in [0.2, 0.25) is 0 Å². The molecule has 0 amide bonds. The molecule has 4 rings (SSSR count). The average molecular weight is 283 g/mol. The van der Waals surface area contributed by atoms with Crippen LogP contribution < -0.4 is 4.74 Å². The predicted octanol–water partition coefficient (Wildman–Crippen LogP) is 2.53. The van der Waals surface area contributed by atoms with E-state index >= 15 is 0 Å². The van der Waals surface area contributed by atoms with Crippen LogP contribution >= 0.6 is 11.7 Å². The van der Waals surface area contributed by atoms with Crippen molar-refractivity contribution in [2.75, 3.05) is 0 Å². The quantitative estimate of drug-likeness (QED) is 0.507. The zero-order valence-corrected chi connectivity index (χ0v) is 11.1. The first kappa shape index (κ1) is 11.5. The van der Waals surface area contributed by atoms with Gasteiger partial charge in [-0.05, 0) is 23.8 Å². The third-order valence-electron chi connectivity index (χ3n) is 3.46. The average Bonchev–Trinajstić information content (AvgIpc) is 2.95. The fraction of sp³-hybridized carbons (Fsp3) is 0.143. The molecule has 0 aliphatic carbocycles. The molecule has 3 aromatic rings. The van der Waals surface area contributed by atoms with E-state index in [0.717, 1.165) is 22.2 Å². The molecule has 0 N–H and O–H groups in total. The maximum absolute atomic E-state index is 11.8. The number of fused-ring (bicyclic) bond motifs is 3. The second kappa shape index (κ2) is 4.35. The Bertz CT molecular complexity index is 801. The van der Waals surface area contributed by atoms with Crippen molar-refractivity contribution in [1.29, 1.82) is 0 Å². The van der Waals surface area contributed by atoms with Crippen molar-refractivity contribution in [2.45, 2.75) is 12.3 Å². The number of esters is 1. The second-order valence-electron chi connectivity index (χ2n) is 4.63. The third-order valence-corrected chi connectivity index (χ3v) is 4.00. The summed E-state index contributed by atoms with van der Waals surface area (Å²) in [4.78, 5) is 15.9. The lowest BCUT2D eigenvalue weighted by Crippen LogP contribution is -2.21. The molecule has 5 nitrogen and oxygen atoms in total. The molecule has 3 heterocycles. The summed E-state index contributed by atoms with van der Waals surface area (Å²) in [6.07, 6.45) is 3.80. The molecule has 1 aliphatic rings. The van der Waals surface area contributed by atoms with Crippen LogP contribution in [0, 0.1) is 0 Å². The minimum atomic E-state index is -0.228. The first-order chi connectivity index (χ1) is 9.83. The summed E-state index contributed by atoms with van der Waals surface area (Å²) in [7, 11) is 0. The minimum absolute atomic E-state index is 0.0763. The molecule has 0 bridgehead atoms. The highest BCUT2D eigenvalue weighted by Crippen LogP contribution is 2.41. The molecule has 1 unspecified atom stereocenters. The number of rotatable bonds is 1. The molecular weight excluding hydrogens is 274 g/mol. The van der Waals surface area contributed by atoms with Gasteiger partial charge in [0.05, 0.1) is 18.1 Å². The second-order valence-corrected chi connectivity index (χ2v) is 5.15. The van der Waals surface area contributed by atoms with Crippen LogP contribution in [0.3, 0.4) is 0 Å². The number of benzene rings is 1. The number of aromatic nitrogens is 3. The molecule has 0 spiro atoms. The van der Waals surface area contributed by atoms with Crippen LogP contribution in [0.25, 0.3) is 11.0 Å². The van der Waals surface area contributed by atoms with Crippen molar-refractivity contribution in [3.8, 4) is 5.75 Å². The highest BCUT2D eigenvalue weighted by atomic mass is 32.1. The zero-order chi connectivity index (χ0) is 13.5. The molecule has 0 saturated heterocycles. The molecular formula is C14H9N3O2S. The lowest BCUT2D eigenvalue weighted by Gasteiger charge is -2.24. The minimum Gasteiger partial charge on any atom is -0.426 e. The lowest BCUT2D eigenvalue weighted by molar-refractivity contribution is -0.135. The lowest BCUT2D eigenvalue weighted by atomic mass is 9.86. The predicted molar refractivity (Wildman–Crippen MR) is 73.7 cm³/mol. The van der Waals surface area contributed by atoms with Crippen molar-refractivity contribution < 1.29 is 9.53 Å². The smallest absolute Gasteiger partial charge is 0.312 e. The van der Waals surface area contributed by atoms with E-state index in [0.29, 0.717) is 12.2 Å². The Morgan fingerprint density at radius 2 is 2.20 bits per heavy atom. The first-order valence-corrected chi connectivity index (χ1v) is 6.92. The Hall–Kier alpha value is -2.34. The van der Waals surface area contributed by atoms with E-state index < -0.39 is 0 Å². The molecule has 0 fully saturated rings. The molecule has 1 aromatic carbocycles. The van der Waals surface area contributed by atoms with Crippen LogP contribution in [0.15, 0.2) is 36.7 Å². The topological polar surface area (TPSA) is 65.0 Å². The van der Waals surface area contributed by atoms with Crippen LogP contribution in [0.1, 0.15) is 23.5 Å². The van der Waals surface area contributed by atoms with Gasteiger partial charge < -0.3 is 4.74 Å². The van der Waals surface area contributed by atoms with E-state index in [1.54, 1.807) is 18.5 Å². The summed E-state index contributed by atoms with van der Waals surface area (Å²) in [5.41, 5.74) is 3.57. The summed E-state index contributed by atoms with van der Waals surface area (Å²) in [6, 6.07) is 7.46. The highest BCUT2D eigenvalue weighted by Gasteiger charge is 2.31. The van der Waals surface area contributed by atoms with Crippen LogP contribution in [0.5, 0.6) is 5.75 Å². The Morgan fingerprint density at radius 1 is 1.25 bits per heavy atom. The van der Waals surface area contributed by atoms with E-state index in [4.69, 9.17) is 4.74 Å². The summed E-state index contributed by atoms with van der Waals surface area (Å²) < 4.78 is 13.9. The maximum Gasteiger partial charge on any atom is 0.312 e. The van der Waals surface area contributed by atoms with Gasteiger partial charge in [0.2, 0.25) is 0 Å².